The van der Waals surface area contributed by atoms with Gasteiger partial charge in [-0.15, -0.1) is 0 Å². The zero-order valence-corrected chi connectivity index (χ0v) is 29.7. The quantitative estimate of drug-likeness (QED) is 0.180. The van der Waals surface area contributed by atoms with Crippen LogP contribution in [0.25, 0.3) is 78.0 Å². The van der Waals surface area contributed by atoms with E-state index in [1.807, 2.05) is 0 Å². The zero-order valence-electron chi connectivity index (χ0n) is 29.7. The predicted octanol–water partition coefficient (Wildman–Crippen LogP) is 12.7. The molecule has 3 heterocycles. The lowest BCUT2D eigenvalue weighted by Gasteiger charge is -2.26. The molecule has 6 aromatic carbocycles. The van der Waals surface area contributed by atoms with Crippen LogP contribution in [0, 0.1) is 5.92 Å². The van der Waals surface area contributed by atoms with E-state index in [1.54, 1.807) is 0 Å². The fourth-order valence-corrected chi connectivity index (χ4v) is 8.12. The van der Waals surface area contributed by atoms with Crippen LogP contribution in [0.3, 0.4) is 0 Å². The molecule has 54 heavy (non-hydrogen) atoms. The van der Waals surface area contributed by atoms with Crippen LogP contribution >= 0.6 is 0 Å². The minimum absolute atomic E-state index is 0.341. The van der Waals surface area contributed by atoms with Crippen LogP contribution in [0.4, 0.5) is 5.69 Å². The SMILES string of the molecule is C1=C\CCC2Cc3c(-c4cccc(-c5c(-c6ccccc6)nc(-c6cccc7ccccc67)nc5-c5ccccc5)c4)nc4ccccc4c3N=C2\C=C/1. The maximum Gasteiger partial charge on any atom is 0.161 e. The number of allylic oxidation sites excluding steroid dienone is 4. The third-order valence-corrected chi connectivity index (χ3v) is 10.7. The molecule has 2 aromatic heterocycles. The van der Waals surface area contributed by atoms with E-state index in [1.165, 1.54) is 5.56 Å². The summed E-state index contributed by atoms with van der Waals surface area (Å²) in [7, 11) is 0. The first-order valence-electron chi connectivity index (χ1n) is 18.7. The molecule has 1 unspecified atom stereocenters. The Morgan fingerprint density at radius 2 is 1.17 bits per heavy atom. The number of rotatable bonds is 5. The lowest BCUT2D eigenvalue weighted by molar-refractivity contribution is 0.624. The predicted molar refractivity (Wildman–Crippen MR) is 224 cm³/mol. The van der Waals surface area contributed by atoms with Gasteiger partial charge in [-0.05, 0) is 53.8 Å². The Morgan fingerprint density at radius 3 is 1.96 bits per heavy atom. The van der Waals surface area contributed by atoms with Crippen molar-refractivity contribution >= 4 is 33.1 Å². The van der Waals surface area contributed by atoms with Crippen LogP contribution in [-0.2, 0) is 6.42 Å². The van der Waals surface area contributed by atoms with Gasteiger partial charge >= 0.3 is 0 Å². The molecule has 2 aliphatic rings. The van der Waals surface area contributed by atoms with E-state index in [4.69, 9.17) is 19.9 Å². The van der Waals surface area contributed by atoms with Crippen molar-refractivity contribution in [3.05, 3.63) is 182 Å². The van der Waals surface area contributed by atoms with E-state index in [-0.39, 0.29) is 0 Å². The summed E-state index contributed by atoms with van der Waals surface area (Å²) in [5.41, 5.74) is 13.3. The molecule has 0 N–H and O–H groups in total. The van der Waals surface area contributed by atoms with Gasteiger partial charge in [-0.1, -0.05) is 158 Å². The summed E-state index contributed by atoms with van der Waals surface area (Å²) in [6.45, 7) is 0. The molecule has 1 aliphatic heterocycles. The number of fused-ring (bicyclic) bond motifs is 5. The fourth-order valence-electron chi connectivity index (χ4n) is 8.12. The summed E-state index contributed by atoms with van der Waals surface area (Å²) < 4.78 is 0. The number of nitrogens with zero attached hydrogens (tertiary/aromatic N) is 4. The molecule has 0 amide bonds. The molecule has 0 bridgehead atoms. The van der Waals surface area contributed by atoms with Gasteiger partial charge in [0, 0.05) is 50.4 Å². The van der Waals surface area contributed by atoms with Crippen molar-refractivity contribution in [2.24, 2.45) is 10.9 Å². The van der Waals surface area contributed by atoms with E-state index in [0.717, 1.165) is 103 Å². The first kappa shape index (κ1) is 31.9. The second kappa shape index (κ2) is 13.6. The van der Waals surface area contributed by atoms with Crippen molar-refractivity contribution in [2.45, 2.75) is 19.3 Å². The number of pyridine rings is 1. The molecule has 256 valence electrons. The minimum Gasteiger partial charge on any atom is -0.252 e. The molecule has 8 aromatic rings. The van der Waals surface area contributed by atoms with Crippen LogP contribution in [0.5, 0.6) is 0 Å². The van der Waals surface area contributed by atoms with Crippen LogP contribution in [0.15, 0.2) is 181 Å². The van der Waals surface area contributed by atoms with E-state index >= 15 is 0 Å². The molecule has 0 fully saturated rings. The highest BCUT2D eigenvalue weighted by Gasteiger charge is 2.28. The van der Waals surface area contributed by atoms with Gasteiger partial charge in [-0.2, -0.15) is 0 Å². The van der Waals surface area contributed by atoms with Crippen molar-refractivity contribution in [1.82, 2.24) is 15.0 Å². The van der Waals surface area contributed by atoms with Crippen molar-refractivity contribution in [3.8, 4) is 56.3 Å². The monoisotopic (exact) mass is 692 g/mol. The van der Waals surface area contributed by atoms with E-state index in [2.05, 4.69) is 176 Å². The number of hydrogen-bond donors (Lipinski definition) is 0. The zero-order chi connectivity index (χ0) is 35.8. The molecule has 0 saturated carbocycles. The molecule has 1 atom stereocenters. The Morgan fingerprint density at radius 1 is 0.519 bits per heavy atom. The lowest BCUT2D eigenvalue weighted by Crippen LogP contribution is -2.20. The standard InChI is InChI=1S/C50H36N4/c1-2-10-29-43-36(22-5-1)32-42-46(52-44-30-14-13-27-41(44)49(42)51-43)38-25-15-24-37(31-38)45-47(34-18-6-3-7-19-34)53-50(54-48(45)35-20-8-4-9-21-35)40-28-16-23-33-17-11-12-26-39(33)40/h1-4,6-21,23-31,36H,5,22,32H2/b2-1-,29-10-. The first-order valence-corrected chi connectivity index (χ1v) is 18.7. The number of aromatic nitrogens is 3. The topological polar surface area (TPSA) is 51.0 Å². The Bertz CT molecular complexity index is 2730. The third-order valence-electron chi connectivity index (χ3n) is 10.7. The van der Waals surface area contributed by atoms with Gasteiger partial charge in [0.05, 0.1) is 28.3 Å². The number of aliphatic imine (C=N–C) groups is 1. The minimum atomic E-state index is 0.341. The fraction of sp³-hybridized carbons (Fsp3) is 0.0800. The van der Waals surface area contributed by atoms with Crippen LogP contribution in [0.2, 0.25) is 0 Å². The van der Waals surface area contributed by atoms with Gasteiger partial charge in [0.15, 0.2) is 5.82 Å². The van der Waals surface area contributed by atoms with Gasteiger partial charge in [-0.3, -0.25) is 4.99 Å². The third kappa shape index (κ3) is 5.73. The second-order valence-corrected chi connectivity index (χ2v) is 14.1. The Kier molecular flexibility index (Phi) is 8.07. The highest BCUT2D eigenvalue weighted by Crippen LogP contribution is 2.45. The molecule has 4 nitrogen and oxygen atoms in total. The molecule has 4 heteroatoms. The molecule has 0 saturated heterocycles. The summed E-state index contributed by atoms with van der Waals surface area (Å²) in [5, 5.41) is 3.38. The van der Waals surface area contributed by atoms with E-state index in [9.17, 15) is 0 Å². The second-order valence-electron chi connectivity index (χ2n) is 14.1. The average Bonchev–Trinajstić information content (AvgIpc) is 3.23. The summed E-state index contributed by atoms with van der Waals surface area (Å²) in [5.74, 6) is 1.04. The molecule has 0 radical (unpaired) electrons. The lowest BCUT2D eigenvalue weighted by atomic mass is 9.83. The summed E-state index contributed by atoms with van der Waals surface area (Å²) in [4.78, 5) is 21.6. The van der Waals surface area contributed by atoms with Crippen molar-refractivity contribution in [1.29, 1.82) is 0 Å². The smallest absolute Gasteiger partial charge is 0.161 e. The van der Waals surface area contributed by atoms with Crippen molar-refractivity contribution in [2.75, 3.05) is 0 Å². The summed E-state index contributed by atoms with van der Waals surface area (Å²) in [6, 6.07) is 53.1. The molecule has 0 spiro atoms. The average molecular weight is 693 g/mol. The Balaban J connectivity index is 1.22. The molecular formula is C50H36N4. The number of para-hydroxylation sites is 1. The normalized spacial score (nSPS) is 16.1. The maximum absolute atomic E-state index is 5.44. The highest BCUT2D eigenvalue weighted by molar-refractivity contribution is 6.06. The largest absolute Gasteiger partial charge is 0.252 e. The Labute approximate surface area is 315 Å². The van der Waals surface area contributed by atoms with Crippen molar-refractivity contribution in [3.63, 3.8) is 0 Å². The molecule has 1 aliphatic carbocycles. The van der Waals surface area contributed by atoms with Crippen molar-refractivity contribution < 1.29 is 0 Å². The van der Waals surface area contributed by atoms with Gasteiger partial charge < -0.3 is 0 Å². The van der Waals surface area contributed by atoms with E-state index < -0.39 is 0 Å². The van der Waals surface area contributed by atoms with Crippen LogP contribution in [-0.4, -0.2) is 20.7 Å². The first-order chi connectivity index (χ1) is 26.8. The number of benzene rings is 6. The molecular weight excluding hydrogens is 657 g/mol. The summed E-state index contributed by atoms with van der Waals surface area (Å²) in [6.07, 6.45) is 11.7. The summed E-state index contributed by atoms with van der Waals surface area (Å²) >= 11 is 0. The molecule has 10 rings (SSSR count). The van der Waals surface area contributed by atoms with Gasteiger partial charge in [0.2, 0.25) is 0 Å². The maximum atomic E-state index is 5.44. The highest BCUT2D eigenvalue weighted by atomic mass is 14.9. The van der Waals surface area contributed by atoms with Gasteiger partial charge in [0.25, 0.3) is 0 Å². The van der Waals surface area contributed by atoms with E-state index in [0.29, 0.717) is 11.7 Å². The number of hydrogen-bond acceptors (Lipinski definition) is 4. The Hall–Kier alpha value is -6.78. The van der Waals surface area contributed by atoms with Crippen LogP contribution in [0.1, 0.15) is 18.4 Å². The van der Waals surface area contributed by atoms with Gasteiger partial charge in [0.1, 0.15) is 0 Å². The van der Waals surface area contributed by atoms with Gasteiger partial charge in [-0.25, -0.2) is 15.0 Å². The van der Waals surface area contributed by atoms with Crippen LogP contribution < -0.4 is 0 Å².